The zero-order chi connectivity index (χ0) is 16.5. The third-order valence-corrected chi connectivity index (χ3v) is 5.89. The van der Waals surface area contributed by atoms with Crippen molar-refractivity contribution in [3.05, 3.63) is 0 Å². The Labute approximate surface area is 143 Å². The highest BCUT2D eigenvalue weighted by Gasteiger charge is 2.31. The van der Waals surface area contributed by atoms with E-state index in [1.54, 1.807) is 0 Å². The van der Waals surface area contributed by atoms with E-state index in [4.69, 9.17) is 9.73 Å². The summed E-state index contributed by atoms with van der Waals surface area (Å²) in [7, 11) is 2.19. The van der Waals surface area contributed by atoms with Gasteiger partial charge in [0.25, 0.3) is 0 Å². The molecule has 0 unspecified atom stereocenters. The Bertz CT molecular complexity index is 358. The molecule has 1 aliphatic heterocycles. The standard InChI is InChI=1S/C19H37N3O/c1-4-19(11-6-7-12-19)16-21-18(20-5-2)22(3)13-8-17-9-14-23-15-10-17/h17H,4-16H2,1-3H3,(H,20,21). The second kappa shape index (κ2) is 9.51. The molecule has 0 radical (unpaired) electrons. The molecule has 0 spiro atoms. The molecule has 0 bridgehead atoms. The summed E-state index contributed by atoms with van der Waals surface area (Å²) in [5.41, 5.74) is 0.474. The number of nitrogens with zero attached hydrogens (tertiary/aromatic N) is 2. The Kier molecular flexibility index (Phi) is 7.68. The smallest absolute Gasteiger partial charge is 0.193 e. The van der Waals surface area contributed by atoms with Crippen molar-refractivity contribution in [2.75, 3.05) is 39.9 Å². The van der Waals surface area contributed by atoms with Gasteiger partial charge < -0.3 is 15.0 Å². The average Bonchev–Trinajstić information content (AvgIpc) is 3.07. The van der Waals surface area contributed by atoms with Crippen molar-refractivity contribution in [2.45, 2.75) is 65.2 Å². The molecule has 23 heavy (non-hydrogen) atoms. The van der Waals surface area contributed by atoms with Crippen molar-refractivity contribution in [2.24, 2.45) is 16.3 Å². The molecule has 1 saturated heterocycles. The minimum atomic E-state index is 0.474. The van der Waals surface area contributed by atoms with Gasteiger partial charge in [-0.15, -0.1) is 0 Å². The summed E-state index contributed by atoms with van der Waals surface area (Å²) < 4.78 is 5.46. The molecule has 0 aromatic heterocycles. The lowest BCUT2D eigenvalue weighted by Crippen LogP contribution is -2.41. The largest absolute Gasteiger partial charge is 0.381 e. The van der Waals surface area contributed by atoms with Gasteiger partial charge in [-0.3, -0.25) is 4.99 Å². The molecule has 1 saturated carbocycles. The van der Waals surface area contributed by atoms with E-state index in [2.05, 4.69) is 31.1 Å². The van der Waals surface area contributed by atoms with Crippen molar-refractivity contribution < 1.29 is 4.74 Å². The molecular formula is C19H37N3O. The van der Waals surface area contributed by atoms with Crippen molar-refractivity contribution >= 4 is 5.96 Å². The lowest BCUT2D eigenvalue weighted by molar-refractivity contribution is 0.0625. The molecule has 4 heteroatoms. The number of ether oxygens (including phenoxy) is 1. The maximum Gasteiger partial charge on any atom is 0.193 e. The highest BCUT2D eigenvalue weighted by atomic mass is 16.5. The third kappa shape index (κ3) is 5.66. The van der Waals surface area contributed by atoms with Crippen LogP contribution in [0.3, 0.4) is 0 Å². The van der Waals surface area contributed by atoms with Crippen LogP contribution in [-0.4, -0.2) is 50.8 Å². The van der Waals surface area contributed by atoms with Gasteiger partial charge in [0.2, 0.25) is 0 Å². The Morgan fingerprint density at radius 1 is 1.22 bits per heavy atom. The maximum absolute atomic E-state index is 5.46. The molecule has 2 rings (SSSR count). The molecule has 0 aromatic rings. The van der Waals surface area contributed by atoms with Crippen molar-refractivity contribution in [1.82, 2.24) is 10.2 Å². The Morgan fingerprint density at radius 2 is 1.91 bits per heavy atom. The van der Waals surface area contributed by atoms with Gasteiger partial charge in [-0.2, -0.15) is 0 Å². The fraction of sp³-hybridized carbons (Fsp3) is 0.947. The molecule has 134 valence electrons. The number of nitrogens with one attached hydrogen (secondary N) is 1. The van der Waals surface area contributed by atoms with Crippen molar-refractivity contribution in [3.8, 4) is 0 Å². The van der Waals surface area contributed by atoms with E-state index in [1.165, 1.54) is 51.4 Å². The van der Waals surface area contributed by atoms with Crippen LogP contribution in [0.5, 0.6) is 0 Å². The van der Waals surface area contributed by atoms with E-state index in [0.717, 1.165) is 44.7 Å². The fourth-order valence-corrected chi connectivity index (χ4v) is 3.98. The number of hydrogen-bond acceptors (Lipinski definition) is 2. The molecule has 0 aromatic carbocycles. The van der Waals surface area contributed by atoms with Gasteiger partial charge in [-0.25, -0.2) is 0 Å². The van der Waals surface area contributed by atoms with E-state index in [9.17, 15) is 0 Å². The maximum atomic E-state index is 5.46. The van der Waals surface area contributed by atoms with E-state index in [1.807, 2.05) is 0 Å². The second-order valence-corrected chi connectivity index (χ2v) is 7.50. The third-order valence-electron chi connectivity index (χ3n) is 5.89. The summed E-state index contributed by atoms with van der Waals surface area (Å²) in [4.78, 5) is 7.34. The predicted octanol–water partition coefficient (Wildman–Crippen LogP) is 3.67. The Balaban J connectivity index is 1.86. The van der Waals surface area contributed by atoms with Crippen LogP contribution in [0.4, 0.5) is 0 Å². The highest BCUT2D eigenvalue weighted by Crippen LogP contribution is 2.41. The van der Waals surface area contributed by atoms with Crippen LogP contribution in [0.15, 0.2) is 4.99 Å². The van der Waals surface area contributed by atoms with Gasteiger partial charge in [-0.05, 0) is 56.8 Å². The van der Waals surface area contributed by atoms with Gasteiger partial charge in [0.1, 0.15) is 0 Å². The minimum Gasteiger partial charge on any atom is -0.381 e. The van der Waals surface area contributed by atoms with E-state index >= 15 is 0 Å². The summed E-state index contributed by atoms with van der Waals surface area (Å²) in [6.07, 6.45) is 10.5. The monoisotopic (exact) mass is 323 g/mol. The first-order chi connectivity index (χ1) is 11.2. The van der Waals surface area contributed by atoms with Crippen molar-refractivity contribution in [1.29, 1.82) is 0 Å². The van der Waals surface area contributed by atoms with Crippen molar-refractivity contribution in [3.63, 3.8) is 0 Å². The summed E-state index contributed by atoms with van der Waals surface area (Å²) >= 11 is 0. The predicted molar refractivity (Wildman–Crippen MR) is 98.0 cm³/mol. The number of aliphatic imine (C=N–C) groups is 1. The van der Waals surface area contributed by atoms with E-state index in [-0.39, 0.29) is 0 Å². The Hall–Kier alpha value is -0.770. The molecule has 0 amide bonds. The number of rotatable bonds is 7. The zero-order valence-corrected chi connectivity index (χ0v) is 15.6. The number of guanidine groups is 1. The van der Waals surface area contributed by atoms with Crippen LogP contribution in [0.1, 0.15) is 65.2 Å². The molecule has 2 aliphatic rings. The first kappa shape index (κ1) is 18.6. The van der Waals surface area contributed by atoms with Crippen LogP contribution in [0.2, 0.25) is 0 Å². The molecule has 2 fully saturated rings. The lowest BCUT2D eigenvalue weighted by atomic mass is 9.83. The number of hydrogen-bond donors (Lipinski definition) is 1. The average molecular weight is 324 g/mol. The quantitative estimate of drug-likeness (QED) is 0.574. The molecule has 1 aliphatic carbocycles. The molecule has 0 atom stereocenters. The topological polar surface area (TPSA) is 36.9 Å². The molecule has 4 nitrogen and oxygen atoms in total. The van der Waals surface area contributed by atoms with Gasteiger partial charge in [0.15, 0.2) is 5.96 Å². The van der Waals surface area contributed by atoms with E-state index < -0.39 is 0 Å². The van der Waals surface area contributed by atoms with Crippen LogP contribution < -0.4 is 5.32 Å². The molecule has 1 heterocycles. The highest BCUT2D eigenvalue weighted by molar-refractivity contribution is 5.79. The minimum absolute atomic E-state index is 0.474. The normalized spacial score (nSPS) is 22.3. The van der Waals surface area contributed by atoms with Crippen LogP contribution in [0.25, 0.3) is 0 Å². The first-order valence-corrected chi connectivity index (χ1v) is 9.76. The molecule has 1 N–H and O–H groups in total. The van der Waals surface area contributed by atoms with Gasteiger partial charge in [0.05, 0.1) is 0 Å². The zero-order valence-electron chi connectivity index (χ0n) is 15.6. The van der Waals surface area contributed by atoms with Crippen LogP contribution >= 0.6 is 0 Å². The summed E-state index contributed by atoms with van der Waals surface area (Å²) in [6.45, 7) is 9.42. The van der Waals surface area contributed by atoms with E-state index in [0.29, 0.717) is 5.41 Å². The van der Waals surface area contributed by atoms with Gasteiger partial charge >= 0.3 is 0 Å². The van der Waals surface area contributed by atoms with Crippen LogP contribution in [0, 0.1) is 11.3 Å². The lowest BCUT2D eigenvalue weighted by Gasteiger charge is -2.29. The summed E-state index contributed by atoms with van der Waals surface area (Å²) in [5, 5.41) is 3.49. The second-order valence-electron chi connectivity index (χ2n) is 7.50. The SMILES string of the molecule is CCNC(=NCC1(CC)CCCC1)N(C)CCC1CCOCC1. The van der Waals surface area contributed by atoms with Crippen LogP contribution in [-0.2, 0) is 4.74 Å². The first-order valence-electron chi connectivity index (χ1n) is 9.76. The summed E-state index contributed by atoms with van der Waals surface area (Å²) in [6, 6.07) is 0. The summed E-state index contributed by atoms with van der Waals surface area (Å²) in [5.74, 6) is 1.92. The molecular weight excluding hydrogens is 286 g/mol. The Morgan fingerprint density at radius 3 is 2.52 bits per heavy atom. The van der Waals surface area contributed by atoms with Gasteiger partial charge in [0, 0.05) is 39.9 Å². The fourth-order valence-electron chi connectivity index (χ4n) is 3.98. The van der Waals surface area contributed by atoms with Gasteiger partial charge in [-0.1, -0.05) is 19.8 Å².